The smallest absolute Gasteiger partial charge is 0.138 e. The third kappa shape index (κ3) is 2.89. The van der Waals surface area contributed by atoms with Crippen molar-refractivity contribution in [2.75, 3.05) is 5.32 Å². The van der Waals surface area contributed by atoms with Crippen LogP contribution in [0.2, 0.25) is 10.2 Å². The van der Waals surface area contributed by atoms with Crippen LogP contribution in [0.25, 0.3) is 0 Å². The Labute approximate surface area is 117 Å². The lowest BCUT2D eigenvalue weighted by atomic mass is 10.3. The van der Waals surface area contributed by atoms with Crippen LogP contribution in [0, 0.1) is 6.92 Å². The number of nitrogens with zero attached hydrogens (tertiary/aromatic N) is 2. The zero-order valence-corrected chi connectivity index (χ0v) is 11.9. The van der Waals surface area contributed by atoms with Crippen molar-refractivity contribution in [3.63, 3.8) is 0 Å². The van der Waals surface area contributed by atoms with Crippen LogP contribution in [0.1, 0.15) is 5.56 Å². The Kier molecular flexibility index (Phi) is 3.86. The second-order valence-electron chi connectivity index (χ2n) is 3.39. The molecule has 0 bridgehead atoms. The maximum atomic E-state index is 5.92. The topological polar surface area (TPSA) is 37.8 Å². The first kappa shape index (κ1) is 12.6. The molecule has 0 aliphatic heterocycles. The average molecular weight is 333 g/mol. The summed E-state index contributed by atoms with van der Waals surface area (Å²) < 4.78 is 0.821. The second kappa shape index (κ2) is 5.21. The highest BCUT2D eigenvalue weighted by Crippen LogP contribution is 2.28. The molecule has 2 rings (SSSR count). The zero-order chi connectivity index (χ0) is 12.4. The highest BCUT2D eigenvalue weighted by molar-refractivity contribution is 9.10. The number of benzene rings is 1. The van der Waals surface area contributed by atoms with Crippen molar-refractivity contribution in [1.29, 1.82) is 0 Å². The Balaban J connectivity index is 2.31. The van der Waals surface area contributed by atoms with Gasteiger partial charge in [0.15, 0.2) is 0 Å². The normalized spacial score (nSPS) is 10.4. The Bertz CT molecular complexity index is 560. The van der Waals surface area contributed by atoms with Gasteiger partial charge in [-0.2, -0.15) is 0 Å². The fourth-order valence-electron chi connectivity index (χ4n) is 1.27. The minimum absolute atomic E-state index is 0.440. The summed E-state index contributed by atoms with van der Waals surface area (Å²) in [7, 11) is 0. The van der Waals surface area contributed by atoms with Crippen molar-refractivity contribution < 1.29 is 0 Å². The van der Waals surface area contributed by atoms with Gasteiger partial charge < -0.3 is 5.32 Å². The Hall–Kier alpha value is -0.840. The number of halogens is 3. The molecule has 0 aliphatic carbocycles. The van der Waals surface area contributed by atoms with E-state index in [0.717, 1.165) is 15.7 Å². The maximum Gasteiger partial charge on any atom is 0.138 e. The molecule has 0 atom stereocenters. The van der Waals surface area contributed by atoms with Gasteiger partial charge in [0, 0.05) is 15.7 Å². The van der Waals surface area contributed by atoms with E-state index in [2.05, 4.69) is 31.2 Å². The number of rotatable bonds is 2. The first-order valence-corrected chi connectivity index (χ1v) is 6.32. The lowest BCUT2D eigenvalue weighted by molar-refractivity contribution is 1.13. The summed E-state index contributed by atoms with van der Waals surface area (Å²) >= 11 is 15.2. The van der Waals surface area contributed by atoms with Gasteiger partial charge in [0.25, 0.3) is 0 Å². The molecule has 17 heavy (non-hydrogen) atoms. The van der Waals surface area contributed by atoms with E-state index in [1.54, 1.807) is 6.07 Å². The van der Waals surface area contributed by atoms with Crippen LogP contribution >= 0.6 is 39.1 Å². The monoisotopic (exact) mass is 331 g/mol. The number of anilines is 2. The van der Waals surface area contributed by atoms with Gasteiger partial charge >= 0.3 is 0 Å². The third-order valence-corrected chi connectivity index (χ3v) is 3.80. The van der Waals surface area contributed by atoms with Crippen LogP contribution in [0.4, 0.5) is 11.5 Å². The van der Waals surface area contributed by atoms with Gasteiger partial charge in [-0.1, -0.05) is 23.2 Å². The highest BCUT2D eigenvalue weighted by atomic mass is 79.9. The first-order chi connectivity index (χ1) is 8.08. The molecular formula is C11H8BrCl2N3. The van der Waals surface area contributed by atoms with Gasteiger partial charge in [-0.05, 0) is 41.1 Å². The van der Waals surface area contributed by atoms with E-state index in [-0.39, 0.29) is 0 Å². The SMILES string of the molecule is Cc1c(Cl)ncnc1Nc1ccc(Cl)c(Br)c1. The van der Waals surface area contributed by atoms with Crippen LogP contribution in [0.15, 0.2) is 29.0 Å². The second-order valence-corrected chi connectivity index (χ2v) is 5.01. The van der Waals surface area contributed by atoms with Crippen LogP contribution in [0.5, 0.6) is 0 Å². The summed E-state index contributed by atoms with van der Waals surface area (Å²) in [6, 6.07) is 5.53. The minimum atomic E-state index is 0.440. The lowest BCUT2D eigenvalue weighted by Gasteiger charge is -2.09. The van der Waals surface area contributed by atoms with Gasteiger partial charge in [-0.15, -0.1) is 0 Å². The number of nitrogens with one attached hydrogen (secondary N) is 1. The molecule has 1 aromatic carbocycles. The van der Waals surface area contributed by atoms with Crippen LogP contribution in [0.3, 0.4) is 0 Å². The number of aromatic nitrogens is 2. The molecule has 0 fully saturated rings. The van der Waals surface area contributed by atoms with Crippen LogP contribution < -0.4 is 5.32 Å². The van der Waals surface area contributed by atoms with Crippen molar-refractivity contribution >= 4 is 50.6 Å². The molecule has 2 aromatic rings. The summed E-state index contributed by atoms with van der Waals surface area (Å²) in [5.41, 5.74) is 1.68. The zero-order valence-electron chi connectivity index (χ0n) is 8.84. The minimum Gasteiger partial charge on any atom is -0.340 e. The van der Waals surface area contributed by atoms with E-state index in [1.165, 1.54) is 6.33 Å². The molecule has 0 unspecified atom stereocenters. The Morgan fingerprint density at radius 1 is 1.24 bits per heavy atom. The molecule has 88 valence electrons. The molecule has 0 aliphatic rings. The molecule has 0 spiro atoms. The highest BCUT2D eigenvalue weighted by Gasteiger charge is 2.06. The van der Waals surface area contributed by atoms with Crippen molar-refractivity contribution in [3.05, 3.63) is 44.7 Å². The maximum absolute atomic E-state index is 5.92. The van der Waals surface area contributed by atoms with E-state index < -0.39 is 0 Å². The predicted octanol–water partition coefficient (Wildman–Crippen LogP) is 4.60. The summed E-state index contributed by atoms with van der Waals surface area (Å²) in [4.78, 5) is 8.03. The van der Waals surface area contributed by atoms with Crippen LogP contribution in [-0.4, -0.2) is 9.97 Å². The quantitative estimate of drug-likeness (QED) is 0.817. The van der Waals surface area contributed by atoms with Gasteiger partial charge in [0.1, 0.15) is 17.3 Å². The standard InChI is InChI=1S/C11H8BrCl2N3/c1-6-10(14)15-5-16-11(6)17-7-2-3-9(13)8(12)4-7/h2-5H,1H3,(H,15,16,17). The summed E-state index contributed by atoms with van der Waals surface area (Å²) in [5.74, 6) is 0.680. The molecule has 3 nitrogen and oxygen atoms in total. The van der Waals surface area contributed by atoms with Gasteiger partial charge in [0.2, 0.25) is 0 Å². The van der Waals surface area contributed by atoms with E-state index in [1.807, 2.05) is 19.1 Å². The fourth-order valence-corrected chi connectivity index (χ4v) is 1.89. The third-order valence-electron chi connectivity index (χ3n) is 2.20. The van der Waals surface area contributed by atoms with E-state index in [0.29, 0.717) is 16.0 Å². The van der Waals surface area contributed by atoms with Gasteiger partial charge in [-0.3, -0.25) is 0 Å². The van der Waals surface area contributed by atoms with Crippen molar-refractivity contribution in [2.24, 2.45) is 0 Å². The van der Waals surface area contributed by atoms with Crippen LogP contribution in [-0.2, 0) is 0 Å². The van der Waals surface area contributed by atoms with E-state index in [4.69, 9.17) is 23.2 Å². The molecule has 0 radical (unpaired) electrons. The molecule has 1 N–H and O–H groups in total. The molecule has 6 heteroatoms. The average Bonchev–Trinajstić information content (AvgIpc) is 2.30. The van der Waals surface area contributed by atoms with Crippen molar-refractivity contribution in [2.45, 2.75) is 6.92 Å². The largest absolute Gasteiger partial charge is 0.340 e. The predicted molar refractivity (Wildman–Crippen MR) is 74.2 cm³/mol. The van der Waals surface area contributed by atoms with Gasteiger partial charge in [0.05, 0.1) is 5.02 Å². The lowest BCUT2D eigenvalue weighted by Crippen LogP contribution is -1.98. The van der Waals surface area contributed by atoms with Crippen molar-refractivity contribution in [1.82, 2.24) is 9.97 Å². The first-order valence-electron chi connectivity index (χ1n) is 4.77. The molecule has 0 amide bonds. The Morgan fingerprint density at radius 2 is 2.00 bits per heavy atom. The van der Waals surface area contributed by atoms with E-state index >= 15 is 0 Å². The van der Waals surface area contributed by atoms with Gasteiger partial charge in [-0.25, -0.2) is 9.97 Å². The molecule has 0 saturated heterocycles. The Morgan fingerprint density at radius 3 is 2.71 bits per heavy atom. The summed E-state index contributed by atoms with van der Waals surface area (Å²) in [5, 5.41) is 4.26. The molecule has 0 saturated carbocycles. The molecular weight excluding hydrogens is 325 g/mol. The fraction of sp³-hybridized carbons (Fsp3) is 0.0909. The molecule has 1 heterocycles. The number of hydrogen-bond acceptors (Lipinski definition) is 3. The summed E-state index contributed by atoms with van der Waals surface area (Å²) in [6.45, 7) is 1.86. The number of hydrogen-bond donors (Lipinski definition) is 1. The summed E-state index contributed by atoms with van der Waals surface area (Å²) in [6.07, 6.45) is 1.42. The molecule has 1 aromatic heterocycles. The van der Waals surface area contributed by atoms with Crippen molar-refractivity contribution in [3.8, 4) is 0 Å². The van der Waals surface area contributed by atoms with E-state index in [9.17, 15) is 0 Å².